The van der Waals surface area contributed by atoms with Crippen LogP contribution in [0.1, 0.15) is 0 Å². The van der Waals surface area contributed by atoms with Crippen molar-refractivity contribution in [3.05, 3.63) is 121 Å². The Hall–Kier alpha value is -4.16. The van der Waals surface area contributed by atoms with E-state index in [4.69, 9.17) is 0 Å². The molecular formula is C32H20. The van der Waals surface area contributed by atoms with Gasteiger partial charge in [-0.1, -0.05) is 121 Å². The van der Waals surface area contributed by atoms with E-state index in [1.165, 1.54) is 66.1 Å². The molecule has 0 amide bonds. The van der Waals surface area contributed by atoms with Gasteiger partial charge in [0.1, 0.15) is 0 Å². The van der Waals surface area contributed by atoms with E-state index in [1.54, 1.807) is 0 Å². The van der Waals surface area contributed by atoms with E-state index in [0.29, 0.717) is 0 Å². The van der Waals surface area contributed by atoms with Gasteiger partial charge in [0, 0.05) is 0 Å². The monoisotopic (exact) mass is 404 g/mol. The molecule has 7 rings (SSSR count). The van der Waals surface area contributed by atoms with Gasteiger partial charge in [0.25, 0.3) is 0 Å². The van der Waals surface area contributed by atoms with Crippen LogP contribution in [0.3, 0.4) is 0 Å². The Labute approximate surface area is 187 Å². The summed E-state index contributed by atoms with van der Waals surface area (Å²) in [5.41, 5.74) is 10.4. The lowest BCUT2D eigenvalue weighted by molar-refractivity contribution is 1.54. The van der Waals surface area contributed by atoms with E-state index in [9.17, 15) is 0 Å². The van der Waals surface area contributed by atoms with E-state index in [1.807, 2.05) is 0 Å². The fourth-order valence-corrected chi connectivity index (χ4v) is 5.53. The molecule has 0 saturated heterocycles. The summed E-state index contributed by atoms with van der Waals surface area (Å²) in [6.45, 7) is 0. The summed E-state index contributed by atoms with van der Waals surface area (Å²) in [5, 5.41) is 5.23. The van der Waals surface area contributed by atoms with Crippen LogP contribution in [-0.4, -0.2) is 0 Å². The number of benzene rings is 6. The molecule has 0 nitrogen and oxygen atoms in total. The predicted molar refractivity (Wildman–Crippen MR) is 137 cm³/mol. The number of fused-ring (bicyclic) bond motifs is 13. The zero-order valence-corrected chi connectivity index (χ0v) is 17.5. The van der Waals surface area contributed by atoms with Crippen molar-refractivity contribution < 1.29 is 0 Å². The summed E-state index contributed by atoms with van der Waals surface area (Å²) in [4.78, 5) is 0. The van der Waals surface area contributed by atoms with Crippen molar-refractivity contribution in [1.29, 1.82) is 0 Å². The normalized spacial score (nSPS) is 11.8. The molecular weight excluding hydrogens is 384 g/mol. The molecule has 6 aromatic rings. The highest BCUT2D eigenvalue weighted by Gasteiger charge is 2.25. The fourth-order valence-electron chi connectivity index (χ4n) is 5.53. The third-order valence-electron chi connectivity index (χ3n) is 6.83. The quantitative estimate of drug-likeness (QED) is 0.221. The standard InChI is InChI=1S/C32H20/c1-2-12-22-21(11-1)23-13-3-7-17-27(23)31-29-19-9-5-15-25(29)26-16-6-10-20-30(26)32(31)28-18-8-4-14-24(22)28/h1-20H. The lowest BCUT2D eigenvalue weighted by Gasteiger charge is -2.26. The SMILES string of the molecule is c1ccc2c(c1)-c1ccccc1-c1c(c3ccccc3c3ccccc13)-c1ccccc1-2. The zero-order chi connectivity index (χ0) is 21.1. The lowest BCUT2D eigenvalue weighted by atomic mass is 9.77. The second-order valence-electron chi connectivity index (χ2n) is 8.48. The lowest BCUT2D eigenvalue weighted by Crippen LogP contribution is -1.99. The van der Waals surface area contributed by atoms with E-state index in [0.717, 1.165) is 0 Å². The highest BCUT2D eigenvalue weighted by atomic mass is 14.3. The fraction of sp³-hybridized carbons (Fsp3) is 0. The summed E-state index contributed by atoms with van der Waals surface area (Å²) in [6.07, 6.45) is 0. The molecule has 0 saturated carbocycles. The summed E-state index contributed by atoms with van der Waals surface area (Å²) < 4.78 is 0. The molecule has 0 heterocycles. The van der Waals surface area contributed by atoms with Crippen LogP contribution < -0.4 is 0 Å². The molecule has 0 heteroatoms. The topological polar surface area (TPSA) is 0 Å². The molecule has 0 atom stereocenters. The first-order valence-corrected chi connectivity index (χ1v) is 11.1. The molecule has 0 unspecified atom stereocenters. The van der Waals surface area contributed by atoms with Crippen LogP contribution >= 0.6 is 0 Å². The Morgan fingerprint density at radius 1 is 0.219 bits per heavy atom. The minimum atomic E-state index is 1.29. The Bertz CT molecular complexity index is 1540. The minimum Gasteiger partial charge on any atom is -0.0616 e. The Morgan fingerprint density at radius 3 is 0.844 bits per heavy atom. The van der Waals surface area contributed by atoms with Crippen LogP contribution in [0.4, 0.5) is 0 Å². The summed E-state index contributed by atoms with van der Waals surface area (Å²) in [6, 6.07) is 44.3. The van der Waals surface area contributed by atoms with Gasteiger partial charge in [0.15, 0.2) is 0 Å². The molecule has 32 heavy (non-hydrogen) atoms. The van der Waals surface area contributed by atoms with Gasteiger partial charge in [-0.15, -0.1) is 0 Å². The third-order valence-corrected chi connectivity index (χ3v) is 6.83. The smallest absolute Gasteiger partial charge is 0.00139 e. The molecule has 0 aliphatic heterocycles. The zero-order valence-electron chi connectivity index (χ0n) is 17.5. The van der Waals surface area contributed by atoms with Gasteiger partial charge in [-0.25, -0.2) is 0 Å². The van der Waals surface area contributed by atoms with Gasteiger partial charge in [-0.05, 0) is 66.1 Å². The van der Waals surface area contributed by atoms with Gasteiger partial charge in [0.2, 0.25) is 0 Å². The average Bonchev–Trinajstić information content (AvgIpc) is 2.87. The van der Waals surface area contributed by atoms with Crippen molar-refractivity contribution in [1.82, 2.24) is 0 Å². The van der Waals surface area contributed by atoms with E-state index in [-0.39, 0.29) is 0 Å². The van der Waals surface area contributed by atoms with Crippen molar-refractivity contribution in [2.45, 2.75) is 0 Å². The summed E-state index contributed by atoms with van der Waals surface area (Å²) in [5.74, 6) is 0. The number of hydrogen-bond donors (Lipinski definition) is 0. The minimum absolute atomic E-state index is 1.29. The Morgan fingerprint density at radius 2 is 0.469 bits per heavy atom. The molecule has 148 valence electrons. The maximum absolute atomic E-state index is 2.29. The van der Waals surface area contributed by atoms with Crippen LogP contribution in [0.15, 0.2) is 121 Å². The molecule has 1 aliphatic rings. The second-order valence-corrected chi connectivity index (χ2v) is 8.48. The molecule has 0 radical (unpaired) electrons. The van der Waals surface area contributed by atoms with Crippen LogP contribution in [0.2, 0.25) is 0 Å². The molecule has 0 spiro atoms. The molecule has 0 N–H and O–H groups in total. The van der Waals surface area contributed by atoms with Crippen molar-refractivity contribution in [3.8, 4) is 44.5 Å². The van der Waals surface area contributed by atoms with Crippen molar-refractivity contribution in [2.75, 3.05) is 0 Å². The second kappa shape index (κ2) is 6.67. The van der Waals surface area contributed by atoms with Crippen LogP contribution in [0.5, 0.6) is 0 Å². The average molecular weight is 405 g/mol. The maximum Gasteiger partial charge on any atom is -0.00139 e. The van der Waals surface area contributed by atoms with Gasteiger partial charge in [-0.3, -0.25) is 0 Å². The van der Waals surface area contributed by atoms with Gasteiger partial charge >= 0.3 is 0 Å². The predicted octanol–water partition coefficient (Wildman–Crippen LogP) is 8.97. The van der Waals surface area contributed by atoms with Gasteiger partial charge < -0.3 is 0 Å². The first-order chi connectivity index (χ1) is 15.9. The van der Waals surface area contributed by atoms with Crippen molar-refractivity contribution in [3.63, 3.8) is 0 Å². The molecule has 0 bridgehead atoms. The highest BCUT2D eigenvalue weighted by Crippen LogP contribution is 2.52. The van der Waals surface area contributed by atoms with Crippen LogP contribution in [-0.2, 0) is 0 Å². The first kappa shape index (κ1) is 17.5. The van der Waals surface area contributed by atoms with Gasteiger partial charge in [0.05, 0.1) is 0 Å². The van der Waals surface area contributed by atoms with Gasteiger partial charge in [-0.2, -0.15) is 0 Å². The molecule has 1 aliphatic carbocycles. The van der Waals surface area contributed by atoms with Crippen molar-refractivity contribution in [2.24, 2.45) is 0 Å². The summed E-state index contributed by atoms with van der Waals surface area (Å²) >= 11 is 0. The molecule has 6 aromatic carbocycles. The molecule has 0 aromatic heterocycles. The summed E-state index contributed by atoms with van der Waals surface area (Å²) in [7, 11) is 0. The van der Waals surface area contributed by atoms with Crippen LogP contribution in [0.25, 0.3) is 66.1 Å². The number of rotatable bonds is 0. The first-order valence-electron chi connectivity index (χ1n) is 11.1. The molecule has 0 fully saturated rings. The van der Waals surface area contributed by atoms with E-state index < -0.39 is 0 Å². The maximum atomic E-state index is 2.29. The van der Waals surface area contributed by atoms with Crippen molar-refractivity contribution >= 4 is 21.5 Å². The highest BCUT2D eigenvalue weighted by molar-refractivity contribution is 6.24. The number of hydrogen-bond acceptors (Lipinski definition) is 0. The van der Waals surface area contributed by atoms with Crippen LogP contribution in [0, 0.1) is 0 Å². The largest absolute Gasteiger partial charge is 0.0616 e. The third kappa shape index (κ3) is 2.32. The van der Waals surface area contributed by atoms with E-state index >= 15 is 0 Å². The Balaban J connectivity index is 1.83. The Kier molecular flexibility index (Phi) is 3.65. The van der Waals surface area contributed by atoms with E-state index in [2.05, 4.69) is 121 Å².